The number of aliphatic hydroxyl groups is 1. The maximum Gasteiger partial charge on any atom is 0.0589 e. The summed E-state index contributed by atoms with van der Waals surface area (Å²) in [6.45, 7) is 5.69. The molecule has 3 heteroatoms. The van der Waals surface area contributed by atoms with Crippen LogP contribution in [0, 0.1) is 0 Å². The van der Waals surface area contributed by atoms with Gasteiger partial charge >= 0.3 is 0 Å². The first kappa shape index (κ1) is 9.88. The first-order valence-corrected chi connectivity index (χ1v) is 3.67. The lowest BCUT2D eigenvalue weighted by molar-refractivity contribution is 0.134. The molecule has 0 spiro atoms. The lowest BCUT2D eigenvalue weighted by Gasteiger charge is -2.17. The zero-order chi connectivity index (χ0) is 7.82. The van der Waals surface area contributed by atoms with Crippen LogP contribution >= 0.6 is 0 Å². The van der Waals surface area contributed by atoms with E-state index in [0.717, 1.165) is 26.2 Å². The standard InChI is InChI=1S/C7H17NO2/c1-3-8(4-6-9)5-7-10-2/h9H,3-7H2,1-2H3. The van der Waals surface area contributed by atoms with Crippen molar-refractivity contribution in [3.05, 3.63) is 0 Å². The van der Waals surface area contributed by atoms with Gasteiger partial charge in [-0.15, -0.1) is 0 Å². The van der Waals surface area contributed by atoms with Crippen LogP contribution in [0.1, 0.15) is 6.92 Å². The molecule has 10 heavy (non-hydrogen) atoms. The molecule has 0 aliphatic carbocycles. The summed E-state index contributed by atoms with van der Waals surface area (Å²) in [6.07, 6.45) is 0. The topological polar surface area (TPSA) is 32.7 Å². The molecular formula is C7H17NO2. The summed E-state index contributed by atoms with van der Waals surface area (Å²) in [4.78, 5) is 2.14. The Labute approximate surface area is 62.6 Å². The van der Waals surface area contributed by atoms with Gasteiger partial charge in [0, 0.05) is 20.2 Å². The second-order valence-electron chi connectivity index (χ2n) is 2.15. The third kappa shape index (κ3) is 4.73. The van der Waals surface area contributed by atoms with Crippen LogP contribution in [0.15, 0.2) is 0 Å². The highest BCUT2D eigenvalue weighted by Gasteiger charge is 1.98. The van der Waals surface area contributed by atoms with E-state index in [2.05, 4.69) is 11.8 Å². The Morgan fingerprint density at radius 3 is 2.50 bits per heavy atom. The fraction of sp³-hybridized carbons (Fsp3) is 1.00. The minimum atomic E-state index is 0.234. The van der Waals surface area contributed by atoms with Crippen molar-refractivity contribution in [2.45, 2.75) is 6.92 Å². The van der Waals surface area contributed by atoms with Crippen molar-refractivity contribution in [1.82, 2.24) is 4.90 Å². The highest BCUT2D eigenvalue weighted by molar-refractivity contribution is 4.52. The summed E-state index contributed by atoms with van der Waals surface area (Å²) < 4.78 is 4.90. The Kier molecular flexibility index (Phi) is 6.91. The van der Waals surface area contributed by atoms with Crippen LogP contribution in [-0.4, -0.2) is 50.0 Å². The van der Waals surface area contributed by atoms with Gasteiger partial charge in [-0.25, -0.2) is 0 Å². The minimum absolute atomic E-state index is 0.234. The Balaban J connectivity index is 3.21. The molecule has 0 rings (SSSR count). The van der Waals surface area contributed by atoms with E-state index < -0.39 is 0 Å². The predicted molar refractivity (Wildman–Crippen MR) is 41.1 cm³/mol. The normalized spacial score (nSPS) is 10.8. The molecule has 3 nitrogen and oxygen atoms in total. The molecule has 0 fully saturated rings. The summed E-state index contributed by atoms with van der Waals surface area (Å²) in [5.74, 6) is 0. The third-order valence-corrected chi connectivity index (χ3v) is 1.48. The number of rotatable bonds is 6. The summed E-state index contributed by atoms with van der Waals surface area (Å²) in [6, 6.07) is 0. The van der Waals surface area contributed by atoms with E-state index in [1.165, 1.54) is 0 Å². The molecule has 0 aliphatic rings. The lowest BCUT2D eigenvalue weighted by atomic mass is 10.5. The summed E-state index contributed by atoms with van der Waals surface area (Å²) in [5, 5.41) is 8.58. The first-order chi connectivity index (χ1) is 4.85. The second kappa shape index (κ2) is 6.99. The molecule has 0 saturated heterocycles. The van der Waals surface area contributed by atoms with Gasteiger partial charge in [-0.1, -0.05) is 6.92 Å². The molecule has 0 saturated carbocycles. The maximum atomic E-state index is 8.58. The molecule has 0 unspecified atom stereocenters. The zero-order valence-electron chi connectivity index (χ0n) is 6.84. The molecule has 1 N–H and O–H groups in total. The fourth-order valence-electron chi connectivity index (χ4n) is 0.790. The van der Waals surface area contributed by atoms with Gasteiger partial charge in [0.25, 0.3) is 0 Å². The van der Waals surface area contributed by atoms with Gasteiger partial charge in [-0.2, -0.15) is 0 Å². The van der Waals surface area contributed by atoms with E-state index >= 15 is 0 Å². The third-order valence-electron chi connectivity index (χ3n) is 1.48. The van der Waals surface area contributed by atoms with Gasteiger partial charge in [0.1, 0.15) is 0 Å². The maximum absolute atomic E-state index is 8.58. The summed E-state index contributed by atoms with van der Waals surface area (Å²) >= 11 is 0. The van der Waals surface area contributed by atoms with Crippen LogP contribution in [-0.2, 0) is 4.74 Å². The number of methoxy groups -OCH3 is 1. The Morgan fingerprint density at radius 2 is 2.10 bits per heavy atom. The number of hydrogen-bond acceptors (Lipinski definition) is 3. The van der Waals surface area contributed by atoms with Crippen molar-refractivity contribution in [2.75, 3.05) is 40.0 Å². The van der Waals surface area contributed by atoms with Crippen molar-refractivity contribution in [3.63, 3.8) is 0 Å². The van der Waals surface area contributed by atoms with Crippen molar-refractivity contribution in [2.24, 2.45) is 0 Å². The molecule has 0 aromatic carbocycles. The van der Waals surface area contributed by atoms with Crippen LogP contribution < -0.4 is 0 Å². The first-order valence-electron chi connectivity index (χ1n) is 3.67. The van der Waals surface area contributed by atoms with Crippen LogP contribution in [0.2, 0.25) is 0 Å². The van der Waals surface area contributed by atoms with E-state index in [1.807, 2.05) is 0 Å². The van der Waals surface area contributed by atoms with Crippen LogP contribution in [0.25, 0.3) is 0 Å². The van der Waals surface area contributed by atoms with Crippen molar-refractivity contribution >= 4 is 0 Å². The smallest absolute Gasteiger partial charge is 0.0589 e. The number of likely N-dealkylation sites (N-methyl/N-ethyl adjacent to an activating group) is 1. The summed E-state index contributed by atoms with van der Waals surface area (Å²) in [7, 11) is 1.69. The average molecular weight is 147 g/mol. The highest BCUT2D eigenvalue weighted by Crippen LogP contribution is 1.85. The van der Waals surface area contributed by atoms with Crippen LogP contribution in [0.3, 0.4) is 0 Å². The van der Waals surface area contributed by atoms with E-state index in [4.69, 9.17) is 9.84 Å². The van der Waals surface area contributed by atoms with Gasteiger partial charge in [0.05, 0.1) is 13.2 Å². The molecule has 0 radical (unpaired) electrons. The summed E-state index contributed by atoms with van der Waals surface area (Å²) in [5.41, 5.74) is 0. The van der Waals surface area contributed by atoms with Gasteiger partial charge in [-0.3, -0.25) is 4.90 Å². The lowest BCUT2D eigenvalue weighted by Crippen LogP contribution is -2.29. The Morgan fingerprint density at radius 1 is 1.40 bits per heavy atom. The van der Waals surface area contributed by atoms with E-state index in [0.29, 0.717) is 0 Å². The molecular weight excluding hydrogens is 130 g/mol. The van der Waals surface area contributed by atoms with Crippen molar-refractivity contribution in [3.8, 4) is 0 Å². The van der Waals surface area contributed by atoms with Gasteiger partial charge in [0.15, 0.2) is 0 Å². The quantitative estimate of drug-likeness (QED) is 0.571. The molecule has 0 bridgehead atoms. The zero-order valence-corrected chi connectivity index (χ0v) is 6.84. The highest BCUT2D eigenvalue weighted by atomic mass is 16.5. The van der Waals surface area contributed by atoms with Gasteiger partial charge in [0.2, 0.25) is 0 Å². The van der Waals surface area contributed by atoms with E-state index in [9.17, 15) is 0 Å². The SMILES string of the molecule is CCN(CCO)CCOC. The Hall–Kier alpha value is -0.120. The predicted octanol–water partition coefficient (Wildman–Crippen LogP) is -0.0530. The van der Waals surface area contributed by atoms with Crippen LogP contribution in [0.5, 0.6) is 0 Å². The monoisotopic (exact) mass is 147 g/mol. The molecule has 0 atom stereocenters. The van der Waals surface area contributed by atoms with E-state index in [-0.39, 0.29) is 6.61 Å². The van der Waals surface area contributed by atoms with E-state index in [1.54, 1.807) is 7.11 Å². The molecule has 0 heterocycles. The van der Waals surface area contributed by atoms with Crippen LogP contribution in [0.4, 0.5) is 0 Å². The molecule has 0 aromatic rings. The number of aliphatic hydroxyl groups excluding tert-OH is 1. The molecule has 0 amide bonds. The average Bonchev–Trinajstić information content (AvgIpc) is 1.98. The van der Waals surface area contributed by atoms with Crippen molar-refractivity contribution in [1.29, 1.82) is 0 Å². The molecule has 0 aliphatic heterocycles. The molecule has 0 aromatic heterocycles. The fourth-order valence-corrected chi connectivity index (χ4v) is 0.790. The van der Waals surface area contributed by atoms with Gasteiger partial charge < -0.3 is 9.84 Å². The second-order valence-corrected chi connectivity index (χ2v) is 2.15. The molecule has 62 valence electrons. The number of ether oxygens (including phenoxy) is 1. The number of nitrogens with zero attached hydrogens (tertiary/aromatic N) is 1. The largest absolute Gasteiger partial charge is 0.395 e. The van der Waals surface area contributed by atoms with Crippen molar-refractivity contribution < 1.29 is 9.84 Å². The van der Waals surface area contributed by atoms with Gasteiger partial charge in [-0.05, 0) is 6.54 Å². The Bertz CT molecular complexity index is 68.6. The minimum Gasteiger partial charge on any atom is -0.395 e. The number of hydrogen-bond donors (Lipinski definition) is 1.